The normalized spacial score (nSPS) is 10.6. The van der Waals surface area contributed by atoms with Gasteiger partial charge in [0.25, 0.3) is 0 Å². The van der Waals surface area contributed by atoms with Crippen LogP contribution in [0.5, 0.6) is 5.75 Å². The van der Waals surface area contributed by atoms with Crippen molar-refractivity contribution in [3.05, 3.63) is 47.9 Å². The minimum Gasteiger partial charge on any atom is -0.494 e. The molecule has 0 saturated heterocycles. The fraction of sp³-hybridized carbons (Fsp3) is 0.400. The van der Waals surface area contributed by atoms with Crippen molar-refractivity contribution in [1.82, 2.24) is 10.5 Å². The zero-order valence-corrected chi connectivity index (χ0v) is 11.3. The fourth-order valence-corrected chi connectivity index (χ4v) is 1.70. The second-order valence-electron chi connectivity index (χ2n) is 4.44. The Hall–Kier alpha value is -1.81. The molecule has 0 fully saturated rings. The summed E-state index contributed by atoms with van der Waals surface area (Å²) in [5, 5.41) is 7.16. The van der Waals surface area contributed by atoms with Crippen LogP contribution in [-0.4, -0.2) is 11.8 Å². The Morgan fingerprint density at radius 1 is 1.16 bits per heavy atom. The molecule has 1 N–H and O–H groups in total. The van der Waals surface area contributed by atoms with E-state index in [0.29, 0.717) is 6.54 Å². The smallest absolute Gasteiger partial charge is 0.124 e. The van der Waals surface area contributed by atoms with Crippen LogP contribution in [-0.2, 0) is 13.1 Å². The molecule has 0 radical (unpaired) electrons. The summed E-state index contributed by atoms with van der Waals surface area (Å²) in [4.78, 5) is 0. The molecular formula is C15H20N2O2. The third-order valence-electron chi connectivity index (χ3n) is 2.82. The van der Waals surface area contributed by atoms with Crippen LogP contribution in [0.2, 0.25) is 0 Å². The highest BCUT2D eigenvalue weighted by Crippen LogP contribution is 2.12. The number of hydrogen-bond acceptors (Lipinski definition) is 4. The summed E-state index contributed by atoms with van der Waals surface area (Å²) in [6, 6.07) is 10.1. The number of rotatable bonds is 8. The number of ether oxygens (including phenoxy) is 1. The molecule has 1 heterocycles. The first-order valence-electron chi connectivity index (χ1n) is 6.70. The van der Waals surface area contributed by atoms with E-state index < -0.39 is 0 Å². The average molecular weight is 260 g/mol. The van der Waals surface area contributed by atoms with Gasteiger partial charge in [-0.05, 0) is 24.1 Å². The number of hydrogen-bond donors (Lipinski definition) is 1. The molecule has 102 valence electrons. The van der Waals surface area contributed by atoms with Crippen LogP contribution in [0.1, 0.15) is 31.0 Å². The van der Waals surface area contributed by atoms with E-state index in [1.54, 1.807) is 6.26 Å². The van der Waals surface area contributed by atoms with Crippen molar-refractivity contribution in [2.24, 2.45) is 0 Å². The van der Waals surface area contributed by atoms with Gasteiger partial charge in [-0.1, -0.05) is 30.6 Å². The largest absolute Gasteiger partial charge is 0.494 e. The molecule has 0 bridgehead atoms. The van der Waals surface area contributed by atoms with E-state index in [1.807, 2.05) is 18.2 Å². The molecule has 2 aromatic rings. The van der Waals surface area contributed by atoms with Gasteiger partial charge in [0.05, 0.1) is 12.3 Å². The van der Waals surface area contributed by atoms with Crippen molar-refractivity contribution in [2.75, 3.05) is 6.61 Å². The van der Waals surface area contributed by atoms with Crippen molar-refractivity contribution in [3.8, 4) is 5.75 Å². The number of nitrogens with zero attached hydrogens (tertiary/aromatic N) is 1. The third-order valence-corrected chi connectivity index (χ3v) is 2.82. The van der Waals surface area contributed by atoms with Crippen molar-refractivity contribution in [2.45, 2.75) is 32.9 Å². The lowest BCUT2D eigenvalue weighted by Crippen LogP contribution is -2.12. The molecule has 0 aliphatic carbocycles. The molecule has 1 aromatic carbocycles. The maximum atomic E-state index is 5.62. The first-order chi connectivity index (χ1) is 9.38. The Bertz CT molecular complexity index is 452. The lowest BCUT2D eigenvalue weighted by Gasteiger charge is -2.07. The summed E-state index contributed by atoms with van der Waals surface area (Å²) in [5.41, 5.74) is 2.14. The quantitative estimate of drug-likeness (QED) is 0.741. The highest BCUT2D eigenvalue weighted by Gasteiger charge is 1.98. The maximum Gasteiger partial charge on any atom is 0.124 e. The summed E-state index contributed by atoms with van der Waals surface area (Å²) in [6.07, 6.45) is 3.84. The van der Waals surface area contributed by atoms with Crippen LogP contribution in [0.4, 0.5) is 0 Å². The maximum absolute atomic E-state index is 5.62. The van der Waals surface area contributed by atoms with Gasteiger partial charge in [0.15, 0.2) is 0 Å². The third kappa shape index (κ3) is 4.75. The molecule has 2 rings (SSSR count). The van der Waals surface area contributed by atoms with Gasteiger partial charge < -0.3 is 14.6 Å². The molecule has 19 heavy (non-hydrogen) atoms. The van der Waals surface area contributed by atoms with Gasteiger partial charge in [0, 0.05) is 19.2 Å². The van der Waals surface area contributed by atoms with E-state index in [1.165, 1.54) is 5.56 Å². The minimum atomic E-state index is 0.714. The second kappa shape index (κ2) is 7.59. The van der Waals surface area contributed by atoms with Crippen molar-refractivity contribution < 1.29 is 9.26 Å². The molecule has 0 aliphatic heterocycles. The van der Waals surface area contributed by atoms with Crippen molar-refractivity contribution in [1.29, 1.82) is 0 Å². The van der Waals surface area contributed by atoms with E-state index in [-0.39, 0.29) is 0 Å². The summed E-state index contributed by atoms with van der Waals surface area (Å²) in [7, 11) is 0. The zero-order valence-electron chi connectivity index (χ0n) is 11.3. The molecule has 4 heteroatoms. The molecule has 0 saturated carbocycles. The second-order valence-corrected chi connectivity index (χ2v) is 4.44. The van der Waals surface area contributed by atoms with Crippen LogP contribution >= 0.6 is 0 Å². The number of aromatic nitrogens is 1. The lowest BCUT2D eigenvalue weighted by molar-refractivity contribution is 0.309. The highest BCUT2D eigenvalue weighted by atomic mass is 16.5. The van der Waals surface area contributed by atoms with Crippen LogP contribution in [0, 0.1) is 0 Å². The van der Waals surface area contributed by atoms with E-state index in [0.717, 1.165) is 37.4 Å². The van der Waals surface area contributed by atoms with E-state index >= 15 is 0 Å². The van der Waals surface area contributed by atoms with Gasteiger partial charge in [-0.15, -0.1) is 0 Å². The van der Waals surface area contributed by atoms with Crippen LogP contribution in [0.3, 0.4) is 0 Å². The Labute approximate surface area is 113 Å². The predicted molar refractivity (Wildman–Crippen MR) is 73.9 cm³/mol. The van der Waals surface area contributed by atoms with E-state index in [9.17, 15) is 0 Å². The first kappa shape index (κ1) is 13.6. The Balaban J connectivity index is 1.72. The molecule has 1 aromatic heterocycles. The molecule has 0 spiro atoms. The molecule has 4 nitrogen and oxygen atoms in total. The average Bonchev–Trinajstić information content (AvgIpc) is 2.94. The topological polar surface area (TPSA) is 47.3 Å². The predicted octanol–water partition coefficient (Wildman–Crippen LogP) is 3.14. The Morgan fingerprint density at radius 2 is 2.00 bits per heavy atom. The summed E-state index contributed by atoms with van der Waals surface area (Å²) >= 11 is 0. The van der Waals surface area contributed by atoms with Gasteiger partial charge >= 0.3 is 0 Å². The summed E-state index contributed by atoms with van der Waals surface area (Å²) in [5.74, 6) is 0.939. The Kier molecular flexibility index (Phi) is 5.44. The number of benzene rings is 1. The van der Waals surface area contributed by atoms with Gasteiger partial charge in [-0.2, -0.15) is 0 Å². The highest BCUT2D eigenvalue weighted by molar-refractivity contribution is 5.27. The Morgan fingerprint density at radius 3 is 2.68 bits per heavy atom. The van der Waals surface area contributed by atoms with Gasteiger partial charge in [-0.25, -0.2) is 0 Å². The van der Waals surface area contributed by atoms with Crippen LogP contribution in [0.15, 0.2) is 41.1 Å². The summed E-state index contributed by atoms with van der Waals surface area (Å²) < 4.78 is 10.4. The minimum absolute atomic E-state index is 0.714. The molecule has 0 unspecified atom stereocenters. The van der Waals surface area contributed by atoms with Gasteiger partial charge in [0.2, 0.25) is 0 Å². The monoisotopic (exact) mass is 260 g/mol. The van der Waals surface area contributed by atoms with Crippen LogP contribution in [0.25, 0.3) is 0 Å². The summed E-state index contributed by atoms with van der Waals surface area (Å²) in [6.45, 7) is 4.47. The molecule has 0 aliphatic rings. The standard InChI is InChI=1S/C15H20N2O2/c1-2-3-9-18-15-6-4-13(5-7-15)11-16-12-14-8-10-19-17-14/h4-8,10,16H,2-3,9,11-12H2,1H3. The number of unbranched alkanes of at least 4 members (excludes halogenated alkanes) is 1. The lowest BCUT2D eigenvalue weighted by atomic mass is 10.2. The van der Waals surface area contributed by atoms with Crippen molar-refractivity contribution in [3.63, 3.8) is 0 Å². The van der Waals surface area contributed by atoms with E-state index in [2.05, 4.69) is 29.5 Å². The molecule has 0 amide bonds. The first-order valence-corrected chi connectivity index (χ1v) is 6.70. The van der Waals surface area contributed by atoms with Gasteiger partial charge in [-0.3, -0.25) is 0 Å². The van der Waals surface area contributed by atoms with Gasteiger partial charge in [0.1, 0.15) is 12.0 Å². The van der Waals surface area contributed by atoms with Crippen LogP contribution < -0.4 is 10.1 Å². The molecule has 0 atom stereocenters. The number of nitrogens with one attached hydrogen (secondary N) is 1. The SMILES string of the molecule is CCCCOc1ccc(CNCc2ccon2)cc1. The van der Waals surface area contributed by atoms with E-state index in [4.69, 9.17) is 9.26 Å². The fourth-order valence-electron chi connectivity index (χ4n) is 1.70. The van der Waals surface area contributed by atoms with Crippen molar-refractivity contribution >= 4 is 0 Å². The molecular weight excluding hydrogens is 240 g/mol. The zero-order chi connectivity index (χ0) is 13.3.